The summed E-state index contributed by atoms with van der Waals surface area (Å²) in [6, 6.07) is 5.02. The van der Waals surface area contributed by atoms with Crippen LogP contribution in [0.4, 0.5) is 5.69 Å². The van der Waals surface area contributed by atoms with Crippen LogP contribution in [0.15, 0.2) is 35.6 Å². The van der Waals surface area contributed by atoms with Gasteiger partial charge >= 0.3 is 0 Å². The summed E-state index contributed by atoms with van der Waals surface area (Å²) in [4.78, 5) is 26.1. The highest BCUT2D eigenvalue weighted by Crippen LogP contribution is 2.41. The van der Waals surface area contributed by atoms with E-state index in [1.165, 1.54) is 21.1 Å². The van der Waals surface area contributed by atoms with Gasteiger partial charge in [-0.05, 0) is 56.1 Å². The maximum Gasteiger partial charge on any atom is 0.243 e. The van der Waals surface area contributed by atoms with E-state index in [1.807, 2.05) is 20.0 Å². The Balaban J connectivity index is 2.02. The van der Waals surface area contributed by atoms with E-state index in [-0.39, 0.29) is 40.9 Å². The zero-order valence-electron chi connectivity index (χ0n) is 26.3. The van der Waals surface area contributed by atoms with Gasteiger partial charge in [-0.3, -0.25) is 20.4 Å². The smallest absolute Gasteiger partial charge is 0.243 e. The number of nitrogens with one attached hydrogen (secondary N) is 3. The summed E-state index contributed by atoms with van der Waals surface area (Å²) in [5.74, 6) is -0.122. The fourth-order valence-electron chi connectivity index (χ4n) is 3.89. The number of nitrogens with zero attached hydrogens (tertiary/aromatic N) is 3. The third-order valence-electron chi connectivity index (χ3n) is 7.67. The number of aromatic nitrogens is 2. The van der Waals surface area contributed by atoms with E-state index >= 15 is 0 Å². The van der Waals surface area contributed by atoms with Crippen LogP contribution in [-0.2, 0) is 24.0 Å². The van der Waals surface area contributed by atoms with Crippen LogP contribution in [0.2, 0.25) is 18.1 Å². The molecule has 2 heterocycles. The van der Waals surface area contributed by atoms with Crippen LogP contribution >= 0.6 is 0 Å². The van der Waals surface area contributed by atoms with Crippen molar-refractivity contribution in [2.75, 3.05) is 27.4 Å². The molecule has 1 fully saturated rings. The normalized spacial score (nSPS) is 17.6. The number of para-hydroxylation sites is 1. The molecule has 2 aromatic rings. The summed E-state index contributed by atoms with van der Waals surface area (Å²) in [6.07, 6.45) is 2.81. The van der Waals surface area contributed by atoms with Gasteiger partial charge in [-0.25, -0.2) is 23.4 Å². The SMILES string of the molecule is COc1cccc(OC)c1/N=C(/NNC(=O)[C@@H]1CCOC1)NS(=O)(=O)[C@@H](C)[C@H](O[Si](C)(C)C(C)(C)C)c1ncc(C)cn1. The zero-order valence-corrected chi connectivity index (χ0v) is 28.2. The van der Waals surface area contributed by atoms with Crippen molar-refractivity contribution in [3.05, 3.63) is 42.0 Å². The Kier molecular flexibility index (Phi) is 11.1. The van der Waals surface area contributed by atoms with Gasteiger partial charge in [-0.1, -0.05) is 26.8 Å². The second-order valence-corrected chi connectivity index (χ2v) is 18.7. The molecule has 1 saturated heterocycles. The lowest BCUT2D eigenvalue weighted by atomic mass is 10.1. The van der Waals surface area contributed by atoms with Crippen molar-refractivity contribution in [3.63, 3.8) is 0 Å². The van der Waals surface area contributed by atoms with Crippen LogP contribution < -0.4 is 25.0 Å². The number of hydrogen-bond acceptors (Lipinski definition) is 10. The Hall–Kier alpha value is -3.27. The molecule has 1 aliphatic rings. The largest absolute Gasteiger partial charge is 0.494 e. The van der Waals surface area contributed by atoms with Crippen molar-refractivity contribution in [2.24, 2.45) is 10.9 Å². The topological polar surface area (TPSA) is 162 Å². The molecule has 1 amide bonds. The number of sulfonamides is 1. The van der Waals surface area contributed by atoms with Crippen LogP contribution in [0, 0.1) is 12.8 Å². The number of carbonyl (C=O) groups excluding carboxylic acids is 1. The lowest BCUT2D eigenvalue weighted by Crippen LogP contribution is -2.53. The highest BCUT2D eigenvalue weighted by Gasteiger charge is 2.44. The minimum absolute atomic E-state index is 0.208. The van der Waals surface area contributed by atoms with E-state index < -0.39 is 29.7 Å². The first-order chi connectivity index (χ1) is 20.1. The number of rotatable bonds is 10. The Labute approximate surface area is 255 Å². The minimum Gasteiger partial charge on any atom is -0.494 e. The molecule has 3 rings (SSSR count). The van der Waals surface area contributed by atoms with Crippen LogP contribution in [0.5, 0.6) is 11.5 Å². The van der Waals surface area contributed by atoms with Gasteiger partial charge in [-0.2, -0.15) is 0 Å². The number of hydrogen-bond donors (Lipinski definition) is 3. The molecule has 13 nitrogen and oxygen atoms in total. The van der Waals surface area contributed by atoms with Crippen LogP contribution in [-0.4, -0.2) is 71.3 Å². The number of guanidine groups is 1. The van der Waals surface area contributed by atoms with Gasteiger partial charge in [0, 0.05) is 19.0 Å². The predicted molar refractivity (Wildman–Crippen MR) is 166 cm³/mol. The van der Waals surface area contributed by atoms with Crippen molar-refractivity contribution >= 4 is 35.9 Å². The molecule has 0 bridgehead atoms. The van der Waals surface area contributed by atoms with E-state index in [9.17, 15) is 13.2 Å². The number of hydrazine groups is 1. The zero-order chi connectivity index (χ0) is 32.0. The number of ether oxygens (including phenoxy) is 3. The average Bonchev–Trinajstić information content (AvgIpc) is 3.49. The van der Waals surface area contributed by atoms with E-state index in [4.69, 9.17) is 18.6 Å². The van der Waals surface area contributed by atoms with Crippen molar-refractivity contribution in [3.8, 4) is 11.5 Å². The molecule has 0 unspecified atom stereocenters. The first-order valence-corrected chi connectivity index (χ1v) is 18.5. The molecule has 3 atom stereocenters. The van der Waals surface area contributed by atoms with Gasteiger partial charge in [0.05, 0.1) is 26.7 Å². The van der Waals surface area contributed by atoms with E-state index in [2.05, 4.69) is 51.3 Å². The number of amides is 1. The molecule has 1 aliphatic heterocycles. The quantitative estimate of drug-likeness (QED) is 0.152. The predicted octanol–water partition coefficient (Wildman–Crippen LogP) is 3.52. The molecule has 1 aromatic carbocycles. The summed E-state index contributed by atoms with van der Waals surface area (Å²) in [6.45, 7) is 14.4. The van der Waals surface area contributed by atoms with Crippen molar-refractivity contribution in [1.29, 1.82) is 0 Å². The van der Waals surface area contributed by atoms with Gasteiger partial charge in [0.25, 0.3) is 0 Å². The molecule has 0 radical (unpaired) electrons. The van der Waals surface area contributed by atoms with E-state index in [0.29, 0.717) is 24.5 Å². The summed E-state index contributed by atoms with van der Waals surface area (Å²) in [5, 5.41) is -1.38. The Morgan fingerprint density at radius 1 is 1.12 bits per heavy atom. The molecule has 0 aliphatic carbocycles. The van der Waals surface area contributed by atoms with Crippen LogP contribution in [0.25, 0.3) is 0 Å². The maximum atomic E-state index is 14.0. The molecule has 238 valence electrons. The number of aliphatic imine (C=N–C) groups is 1. The van der Waals surface area contributed by atoms with Crippen molar-refractivity contribution in [2.45, 2.75) is 70.5 Å². The number of carbonyl (C=O) groups is 1. The number of benzene rings is 1. The molecular formula is C28H44N6O7SSi. The van der Waals surface area contributed by atoms with Crippen molar-refractivity contribution in [1.82, 2.24) is 25.5 Å². The molecule has 1 aromatic heterocycles. The first kappa shape index (κ1) is 34.2. The Morgan fingerprint density at radius 3 is 2.23 bits per heavy atom. The van der Waals surface area contributed by atoms with Crippen LogP contribution in [0.1, 0.15) is 51.6 Å². The second-order valence-electron chi connectivity index (χ2n) is 11.9. The highest BCUT2D eigenvalue weighted by atomic mass is 32.2. The number of aryl methyl sites for hydroxylation is 1. The molecular weight excluding hydrogens is 592 g/mol. The summed E-state index contributed by atoms with van der Waals surface area (Å²) in [7, 11) is -3.83. The molecule has 3 N–H and O–H groups in total. The Bertz CT molecular complexity index is 1370. The summed E-state index contributed by atoms with van der Waals surface area (Å²) >= 11 is 0. The maximum absolute atomic E-state index is 14.0. The monoisotopic (exact) mass is 636 g/mol. The molecule has 43 heavy (non-hydrogen) atoms. The minimum atomic E-state index is -4.24. The van der Waals surface area contributed by atoms with Gasteiger partial charge in [0.1, 0.15) is 22.9 Å². The van der Waals surface area contributed by atoms with Gasteiger partial charge in [0.15, 0.2) is 19.8 Å². The van der Waals surface area contributed by atoms with Gasteiger partial charge < -0.3 is 18.6 Å². The van der Waals surface area contributed by atoms with Crippen LogP contribution in [0.3, 0.4) is 0 Å². The average molecular weight is 637 g/mol. The molecule has 0 spiro atoms. The molecule has 0 saturated carbocycles. The van der Waals surface area contributed by atoms with Gasteiger partial charge in [-0.15, -0.1) is 0 Å². The fraction of sp³-hybridized carbons (Fsp3) is 0.571. The van der Waals surface area contributed by atoms with E-state index in [0.717, 1.165) is 5.56 Å². The standard InChI is InChI=1S/C28H44N6O7SSi/c1-18-15-29-25(30-16-18)24(41-43(8,9)28(3,4)5)19(2)42(36,37)34-27(33-32-26(35)20-13-14-40-17-20)31-23-21(38-6)11-10-12-22(23)39-7/h10-12,15-16,19-20,24H,13-14,17H2,1-9H3,(H,32,35)(H2,31,33,34)/t19-,20+,24-/m0/s1. The third-order valence-corrected chi connectivity index (χ3v) is 13.8. The third kappa shape index (κ3) is 8.65. The summed E-state index contributed by atoms with van der Waals surface area (Å²) < 4.78 is 53.3. The molecule has 15 heteroatoms. The lowest BCUT2D eigenvalue weighted by molar-refractivity contribution is -0.125. The van der Waals surface area contributed by atoms with E-state index in [1.54, 1.807) is 30.6 Å². The van der Waals surface area contributed by atoms with Gasteiger partial charge in [0.2, 0.25) is 21.9 Å². The first-order valence-electron chi connectivity index (χ1n) is 14.0. The van der Waals surface area contributed by atoms with Crippen molar-refractivity contribution < 1.29 is 31.8 Å². The number of methoxy groups -OCH3 is 2. The lowest BCUT2D eigenvalue weighted by Gasteiger charge is -2.40. The second kappa shape index (κ2) is 14.0. The fourth-order valence-corrected chi connectivity index (χ4v) is 6.34. The Morgan fingerprint density at radius 2 is 1.72 bits per heavy atom. The highest BCUT2D eigenvalue weighted by molar-refractivity contribution is 7.90. The summed E-state index contributed by atoms with van der Waals surface area (Å²) in [5.41, 5.74) is 6.23.